The third-order valence-electron chi connectivity index (χ3n) is 4.00. The summed E-state index contributed by atoms with van der Waals surface area (Å²) >= 11 is 0. The zero-order valence-corrected chi connectivity index (χ0v) is 15.1. The van der Waals surface area contributed by atoms with Crippen molar-refractivity contribution in [2.75, 3.05) is 26.2 Å². The molecular formula is C14H32F6NP. The van der Waals surface area contributed by atoms with Gasteiger partial charge in [0.1, 0.15) is 0 Å². The van der Waals surface area contributed by atoms with Gasteiger partial charge in [-0.3, -0.25) is 0 Å². The standard InChI is InChI=1S/C14H32N.F6P/c1-5-9-10-11-12-13-14-15(6-2,7-3)8-4;1-7(2,3,4,5)6/h5-14H2,1-4H3;/q+1;-1. The van der Waals surface area contributed by atoms with Crippen molar-refractivity contribution in [3.8, 4) is 0 Å². The van der Waals surface area contributed by atoms with Gasteiger partial charge in [-0.1, -0.05) is 32.6 Å². The third kappa shape index (κ3) is 22.3. The van der Waals surface area contributed by atoms with E-state index >= 15 is 0 Å². The molecular weight excluding hydrogens is 327 g/mol. The summed E-state index contributed by atoms with van der Waals surface area (Å²) in [4.78, 5) is 0. The van der Waals surface area contributed by atoms with Crippen molar-refractivity contribution in [2.24, 2.45) is 0 Å². The SMILES string of the molecule is CCCCCCCC[N+](CC)(CC)CC.F[P-](F)(F)(F)(F)F. The molecule has 0 aromatic heterocycles. The van der Waals surface area contributed by atoms with Crippen LogP contribution in [-0.2, 0) is 0 Å². The Labute approximate surface area is 130 Å². The Hall–Kier alpha value is -0.0300. The molecule has 0 radical (unpaired) electrons. The summed E-state index contributed by atoms with van der Waals surface area (Å²) in [6, 6.07) is 0. The molecule has 0 aliphatic heterocycles. The van der Waals surface area contributed by atoms with Crippen molar-refractivity contribution < 1.29 is 29.7 Å². The van der Waals surface area contributed by atoms with E-state index in [1.165, 1.54) is 69.2 Å². The van der Waals surface area contributed by atoms with Crippen LogP contribution < -0.4 is 0 Å². The van der Waals surface area contributed by atoms with Gasteiger partial charge in [0.15, 0.2) is 0 Å². The minimum atomic E-state index is -10.7. The van der Waals surface area contributed by atoms with E-state index in [0.717, 1.165) is 0 Å². The van der Waals surface area contributed by atoms with Crippen molar-refractivity contribution in [1.82, 2.24) is 0 Å². The molecule has 0 aromatic rings. The van der Waals surface area contributed by atoms with Gasteiger partial charge in [-0.05, 0) is 33.6 Å². The second-order valence-electron chi connectivity index (χ2n) is 5.74. The Morgan fingerprint density at radius 3 is 1.23 bits per heavy atom. The molecule has 0 saturated heterocycles. The predicted octanol–water partition coefficient (Wildman–Crippen LogP) is 7.61. The van der Waals surface area contributed by atoms with Crippen LogP contribution in [0.2, 0.25) is 0 Å². The molecule has 0 aromatic carbocycles. The fraction of sp³-hybridized carbons (Fsp3) is 1.00. The van der Waals surface area contributed by atoms with Gasteiger partial charge in [-0.25, -0.2) is 0 Å². The summed E-state index contributed by atoms with van der Waals surface area (Å²) in [7, 11) is -10.7. The van der Waals surface area contributed by atoms with Crippen LogP contribution in [0.25, 0.3) is 0 Å². The normalized spacial score (nSPS) is 15.5. The number of nitrogens with zero attached hydrogens (tertiary/aromatic N) is 1. The average Bonchev–Trinajstić information content (AvgIpc) is 2.35. The average molecular weight is 359 g/mol. The Morgan fingerprint density at radius 2 is 0.909 bits per heavy atom. The molecule has 0 rings (SSSR count). The van der Waals surface area contributed by atoms with E-state index in [1.807, 2.05) is 0 Å². The second kappa shape index (κ2) is 8.72. The summed E-state index contributed by atoms with van der Waals surface area (Å²) in [6.07, 6.45) is 8.55. The van der Waals surface area contributed by atoms with Gasteiger partial charge in [0.05, 0.1) is 26.2 Å². The van der Waals surface area contributed by atoms with Gasteiger partial charge in [0.2, 0.25) is 0 Å². The number of halogens is 6. The zero-order chi connectivity index (χ0) is 18.0. The number of unbranched alkanes of at least 4 members (excludes halogenated alkanes) is 5. The minimum absolute atomic E-state index is 1.31. The van der Waals surface area contributed by atoms with Crippen molar-refractivity contribution in [1.29, 1.82) is 0 Å². The number of rotatable bonds is 10. The summed E-state index contributed by atoms with van der Waals surface area (Å²) in [5.74, 6) is 0. The van der Waals surface area contributed by atoms with Gasteiger partial charge in [0.25, 0.3) is 0 Å². The van der Waals surface area contributed by atoms with Crippen LogP contribution in [0.5, 0.6) is 0 Å². The molecule has 0 atom stereocenters. The molecule has 22 heavy (non-hydrogen) atoms. The molecule has 0 bridgehead atoms. The van der Waals surface area contributed by atoms with Crippen LogP contribution in [0.15, 0.2) is 0 Å². The molecule has 0 spiro atoms. The van der Waals surface area contributed by atoms with Crippen LogP contribution in [0.4, 0.5) is 25.2 Å². The Bertz CT molecular complexity index is 264. The van der Waals surface area contributed by atoms with E-state index in [-0.39, 0.29) is 0 Å². The first-order chi connectivity index (χ1) is 9.69. The number of quaternary nitrogens is 1. The molecule has 0 aliphatic carbocycles. The van der Waals surface area contributed by atoms with Gasteiger partial charge >= 0.3 is 33.0 Å². The van der Waals surface area contributed by atoms with Crippen LogP contribution in [0.1, 0.15) is 66.2 Å². The molecule has 140 valence electrons. The van der Waals surface area contributed by atoms with Crippen molar-refractivity contribution in [3.63, 3.8) is 0 Å². The van der Waals surface area contributed by atoms with Gasteiger partial charge in [0, 0.05) is 0 Å². The summed E-state index contributed by atoms with van der Waals surface area (Å²) in [5.41, 5.74) is 0. The predicted molar refractivity (Wildman–Crippen MR) is 83.7 cm³/mol. The summed E-state index contributed by atoms with van der Waals surface area (Å²) < 4.78 is 60.5. The van der Waals surface area contributed by atoms with E-state index in [1.54, 1.807) is 0 Å². The monoisotopic (exact) mass is 359 g/mol. The Balaban J connectivity index is 0. The first kappa shape index (κ1) is 24.2. The van der Waals surface area contributed by atoms with Crippen molar-refractivity contribution in [3.05, 3.63) is 0 Å². The van der Waals surface area contributed by atoms with Gasteiger partial charge < -0.3 is 4.48 Å². The molecule has 0 heterocycles. The first-order valence-corrected chi connectivity index (χ1v) is 10.1. The molecule has 1 nitrogen and oxygen atoms in total. The van der Waals surface area contributed by atoms with Crippen LogP contribution >= 0.6 is 7.81 Å². The van der Waals surface area contributed by atoms with Crippen molar-refractivity contribution in [2.45, 2.75) is 66.2 Å². The molecule has 8 heteroatoms. The number of hydrogen-bond acceptors (Lipinski definition) is 0. The molecule has 0 fully saturated rings. The summed E-state index contributed by atoms with van der Waals surface area (Å²) in [5, 5.41) is 0. The van der Waals surface area contributed by atoms with E-state index in [2.05, 4.69) is 27.7 Å². The third-order valence-corrected chi connectivity index (χ3v) is 4.00. The van der Waals surface area contributed by atoms with Gasteiger partial charge in [-0.15, -0.1) is 0 Å². The van der Waals surface area contributed by atoms with Crippen LogP contribution in [-0.4, -0.2) is 30.7 Å². The molecule has 0 saturated carbocycles. The van der Waals surface area contributed by atoms with E-state index < -0.39 is 7.81 Å². The summed E-state index contributed by atoms with van der Waals surface area (Å²) in [6.45, 7) is 14.6. The van der Waals surface area contributed by atoms with E-state index in [0.29, 0.717) is 0 Å². The fourth-order valence-electron chi connectivity index (χ4n) is 2.37. The molecule has 0 unspecified atom stereocenters. The Morgan fingerprint density at radius 1 is 0.591 bits per heavy atom. The maximum atomic E-state index is 9.87. The van der Waals surface area contributed by atoms with Gasteiger partial charge in [-0.2, -0.15) is 0 Å². The van der Waals surface area contributed by atoms with Crippen LogP contribution in [0, 0.1) is 0 Å². The first-order valence-electron chi connectivity index (χ1n) is 8.11. The number of hydrogen-bond donors (Lipinski definition) is 0. The molecule has 0 aliphatic rings. The second-order valence-corrected chi connectivity index (χ2v) is 7.66. The van der Waals surface area contributed by atoms with E-state index in [4.69, 9.17) is 0 Å². The zero-order valence-electron chi connectivity index (χ0n) is 14.2. The quantitative estimate of drug-likeness (QED) is 0.163. The molecule has 0 amide bonds. The Kier molecular flexibility index (Phi) is 9.60. The van der Waals surface area contributed by atoms with Crippen molar-refractivity contribution >= 4 is 7.81 Å². The molecule has 0 N–H and O–H groups in total. The van der Waals surface area contributed by atoms with E-state index in [9.17, 15) is 25.2 Å². The fourth-order valence-corrected chi connectivity index (χ4v) is 2.37. The van der Waals surface area contributed by atoms with Crippen LogP contribution in [0.3, 0.4) is 0 Å². The topological polar surface area (TPSA) is 0 Å². The maximum absolute atomic E-state index is 10.7.